The SMILES string of the molecule is COC(=O)[C@@H]1OC(=O)C2=NN(c3ccccc3)[C@@H](C)[C@@H]21. The molecule has 0 spiro atoms. The molecular formula is C14H14N2O4. The third-order valence-corrected chi connectivity index (χ3v) is 3.66. The Labute approximate surface area is 116 Å². The van der Waals surface area contributed by atoms with Gasteiger partial charge < -0.3 is 9.47 Å². The highest BCUT2D eigenvalue weighted by Crippen LogP contribution is 2.35. The van der Waals surface area contributed by atoms with Crippen molar-refractivity contribution in [2.75, 3.05) is 12.1 Å². The van der Waals surface area contributed by atoms with Crippen LogP contribution in [0, 0.1) is 5.92 Å². The zero-order valence-electron chi connectivity index (χ0n) is 11.1. The average Bonchev–Trinajstić information content (AvgIpc) is 2.98. The van der Waals surface area contributed by atoms with E-state index < -0.39 is 24.0 Å². The van der Waals surface area contributed by atoms with Gasteiger partial charge in [0.05, 0.1) is 24.8 Å². The first-order chi connectivity index (χ1) is 9.63. The fraction of sp³-hybridized carbons (Fsp3) is 0.357. The number of esters is 2. The molecule has 104 valence electrons. The molecule has 1 aromatic carbocycles. The molecule has 0 aromatic heterocycles. The lowest BCUT2D eigenvalue weighted by Gasteiger charge is -2.25. The molecule has 1 fully saturated rings. The summed E-state index contributed by atoms with van der Waals surface area (Å²) in [6.07, 6.45) is -0.907. The van der Waals surface area contributed by atoms with Gasteiger partial charge in [-0.15, -0.1) is 0 Å². The van der Waals surface area contributed by atoms with Crippen LogP contribution in [0.1, 0.15) is 6.92 Å². The van der Waals surface area contributed by atoms with Crippen molar-refractivity contribution in [1.29, 1.82) is 0 Å². The van der Waals surface area contributed by atoms with E-state index in [9.17, 15) is 9.59 Å². The van der Waals surface area contributed by atoms with E-state index in [2.05, 4.69) is 5.10 Å². The fourth-order valence-electron chi connectivity index (χ4n) is 2.66. The van der Waals surface area contributed by atoms with Crippen LogP contribution in [-0.4, -0.2) is 36.9 Å². The van der Waals surface area contributed by atoms with E-state index >= 15 is 0 Å². The second kappa shape index (κ2) is 4.63. The second-order valence-electron chi connectivity index (χ2n) is 4.78. The number of hydrazone groups is 1. The summed E-state index contributed by atoms with van der Waals surface area (Å²) >= 11 is 0. The van der Waals surface area contributed by atoms with Crippen LogP contribution < -0.4 is 5.01 Å². The van der Waals surface area contributed by atoms with Gasteiger partial charge in [0.25, 0.3) is 0 Å². The van der Waals surface area contributed by atoms with Gasteiger partial charge in [0.2, 0.25) is 6.10 Å². The summed E-state index contributed by atoms with van der Waals surface area (Å²) < 4.78 is 9.75. The fourth-order valence-corrected chi connectivity index (χ4v) is 2.66. The Hall–Kier alpha value is -2.37. The first-order valence-corrected chi connectivity index (χ1v) is 6.35. The Kier molecular flexibility index (Phi) is 2.93. The maximum Gasteiger partial charge on any atom is 0.355 e. The topological polar surface area (TPSA) is 68.2 Å². The minimum atomic E-state index is -0.907. The maximum absolute atomic E-state index is 11.8. The molecule has 1 saturated heterocycles. The van der Waals surface area contributed by atoms with Crippen molar-refractivity contribution in [3.8, 4) is 0 Å². The number of hydrogen-bond donors (Lipinski definition) is 0. The number of methoxy groups -OCH3 is 1. The van der Waals surface area contributed by atoms with Crippen molar-refractivity contribution in [1.82, 2.24) is 0 Å². The monoisotopic (exact) mass is 274 g/mol. The molecule has 2 aliphatic heterocycles. The molecule has 20 heavy (non-hydrogen) atoms. The Morgan fingerprint density at radius 3 is 2.70 bits per heavy atom. The summed E-state index contributed by atoms with van der Waals surface area (Å²) in [5.74, 6) is -1.49. The second-order valence-corrected chi connectivity index (χ2v) is 4.78. The first kappa shape index (κ1) is 12.7. The largest absolute Gasteiger partial charge is 0.466 e. The van der Waals surface area contributed by atoms with Crippen LogP contribution in [0.25, 0.3) is 0 Å². The molecule has 2 heterocycles. The molecule has 0 radical (unpaired) electrons. The van der Waals surface area contributed by atoms with Gasteiger partial charge in [-0.05, 0) is 19.1 Å². The van der Waals surface area contributed by atoms with Gasteiger partial charge in [-0.3, -0.25) is 5.01 Å². The van der Waals surface area contributed by atoms with Gasteiger partial charge in [-0.25, -0.2) is 9.59 Å². The van der Waals surface area contributed by atoms with E-state index in [4.69, 9.17) is 9.47 Å². The van der Waals surface area contributed by atoms with E-state index in [1.807, 2.05) is 37.3 Å². The van der Waals surface area contributed by atoms with Crippen LogP contribution in [0.5, 0.6) is 0 Å². The third kappa shape index (κ3) is 1.76. The lowest BCUT2D eigenvalue weighted by molar-refractivity contribution is -0.160. The van der Waals surface area contributed by atoms with Crippen LogP contribution in [0.15, 0.2) is 35.4 Å². The molecule has 0 bridgehead atoms. The summed E-state index contributed by atoms with van der Waals surface area (Å²) in [6.45, 7) is 1.91. The lowest BCUT2D eigenvalue weighted by atomic mass is 9.93. The average molecular weight is 274 g/mol. The van der Waals surface area contributed by atoms with Crippen LogP contribution in [0.2, 0.25) is 0 Å². The number of cyclic esters (lactones) is 1. The number of para-hydroxylation sites is 1. The molecule has 0 amide bonds. The summed E-state index contributed by atoms with van der Waals surface area (Å²) in [7, 11) is 1.28. The third-order valence-electron chi connectivity index (χ3n) is 3.66. The molecule has 0 aliphatic carbocycles. The Bertz CT molecular complexity index is 584. The quantitative estimate of drug-likeness (QED) is 0.752. The van der Waals surface area contributed by atoms with Gasteiger partial charge >= 0.3 is 11.9 Å². The van der Waals surface area contributed by atoms with Gasteiger partial charge in [0, 0.05) is 0 Å². The van der Waals surface area contributed by atoms with Crippen molar-refractivity contribution in [3.63, 3.8) is 0 Å². The van der Waals surface area contributed by atoms with Gasteiger partial charge in [0.15, 0.2) is 5.71 Å². The smallest absolute Gasteiger partial charge is 0.355 e. The van der Waals surface area contributed by atoms with Crippen LogP contribution in [0.4, 0.5) is 5.69 Å². The predicted molar refractivity (Wildman–Crippen MR) is 71.2 cm³/mol. The number of hydrogen-bond acceptors (Lipinski definition) is 6. The molecule has 0 N–H and O–H groups in total. The van der Waals surface area contributed by atoms with Gasteiger partial charge in [-0.1, -0.05) is 18.2 Å². The van der Waals surface area contributed by atoms with Crippen LogP contribution >= 0.6 is 0 Å². The normalized spacial score (nSPS) is 27.9. The molecule has 6 nitrogen and oxygen atoms in total. The molecule has 0 saturated carbocycles. The lowest BCUT2D eigenvalue weighted by Crippen LogP contribution is -2.39. The Morgan fingerprint density at radius 2 is 2.05 bits per heavy atom. The van der Waals surface area contributed by atoms with E-state index in [1.165, 1.54) is 7.11 Å². The van der Waals surface area contributed by atoms with E-state index in [0.29, 0.717) is 0 Å². The van der Waals surface area contributed by atoms with Crippen molar-refractivity contribution in [3.05, 3.63) is 30.3 Å². The van der Waals surface area contributed by atoms with Crippen molar-refractivity contribution >= 4 is 23.3 Å². The minimum Gasteiger partial charge on any atom is -0.466 e. The first-order valence-electron chi connectivity index (χ1n) is 6.35. The summed E-state index contributed by atoms with van der Waals surface area (Å²) in [4.78, 5) is 23.5. The number of ether oxygens (including phenoxy) is 2. The molecule has 3 rings (SSSR count). The summed E-state index contributed by atoms with van der Waals surface area (Å²) in [6, 6.07) is 9.35. The summed E-state index contributed by atoms with van der Waals surface area (Å²) in [5.41, 5.74) is 1.16. The van der Waals surface area contributed by atoms with Crippen LogP contribution in [0.3, 0.4) is 0 Å². The number of carbonyl (C=O) groups is 2. The van der Waals surface area contributed by atoms with Gasteiger partial charge in [0.1, 0.15) is 0 Å². The number of carbonyl (C=O) groups excluding carboxylic acids is 2. The number of benzene rings is 1. The molecule has 0 unspecified atom stereocenters. The number of rotatable bonds is 2. The Balaban J connectivity index is 1.95. The van der Waals surface area contributed by atoms with Crippen LogP contribution in [-0.2, 0) is 19.1 Å². The standard InChI is InChI=1S/C14H14N2O4/c1-8-10-11(13(17)20-12(10)14(18)19-2)15-16(8)9-6-4-3-5-7-9/h3-8,10,12H,1-2H3/t8-,10-,12+/m0/s1. The number of anilines is 1. The minimum absolute atomic E-state index is 0.150. The zero-order valence-corrected chi connectivity index (χ0v) is 11.1. The Morgan fingerprint density at radius 1 is 1.35 bits per heavy atom. The predicted octanol–water partition coefficient (Wildman–Crippen LogP) is 0.966. The number of fused-ring (bicyclic) bond motifs is 1. The highest BCUT2D eigenvalue weighted by atomic mass is 16.6. The van der Waals surface area contributed by atoms with Crippen molar-refractivity contribution < 1.29 is 19.1 Å². The van der Waals surface area contributed by atoms with Gasteiger partial charge in [-0.2, -0.15) is 5.10 Å². The van der Waals surface area contributed by atoms with Crippen molar-refractivity contribution in [2.45, 2.75) is 19.1 Å². The van der Waals surface area contributed by atoms with E-state index in [1.54, 1.807) is 5.01 Å². The molecular weight excluding hydrogens is 260 g/mol. The van der Waals surface area contributed by atoms with E-state index in [0.717, 1.165) is 5.69 Å². The molecule has 1 aromatic rings. The molecule has 6 heteroatoms. The molecule has 2 aliphatic rings. The highest BCUT2D eigenvalue weighted by Gasteiger charge is 2.54. The van der Waals surface area contributed by atoms with Crippen molar-refractivity contribution in [2.24, 2.45) is 11.0 Å². The van der Waals surface area contributed by atoms with E-state index in [-0.39, 0.29) is 11.8 Å². The number of nitrogens with zero attached hydrogens (tertiary/aromatic N) is 2. The zero-order chi connectivity index (χ0) is 14.3. The summed E-state index contributed by atoms with van der Waals surface area (Å²) in [5, 5.41) is 6.06. The maximum atomic E-state index is 11.8. The highest BCUT2D eigenvalue weighted by molar-refractivity contribution is 6.41. The molecule has 3 atom stereocenters.